The number of aromatic nitrogens is 2. The molecule has 170 valence electrons. The lowest BCUT2D eigenvalue weighted by Crippen LogP contribution is -2.43. The topological polar surface area (TPSA) is 84.8 Å². The molecule has 31 heavy (non-hydrogen) atoms. The van der Waals surface area contributed by atoms with Crippen LogP contribution in [-0.4, -0.2) is 57.5 Å². The Bertz CT molecular complexity index is 931. The van der Waals surface area contributed by atoms with Crippen molar-refractivity contribution in [3.63, 3.8) is 0 Å². The third-order valence-electron chi connectivity index (χ3n) is 6.32. The minimum Gasteiger partial charge on any atom is -0.474 e. The zero-order valence-electron chi connectivity index (χ0n) is 18.9. The van der Waals surface area contributed by atoms with Crippen LogP contribution in [0.15, 0.2) is 6.33 Å². The van der Waals surface area contributed by atoms with Crippen LogP contribution in [0.2, 0.25) is 0 Å². The summed E-state index contributed by atoms with van der Waals surface area (Å²) in [5.74, 6) is 1.04. The van der Waals surface area contributed by atoms with Gasteiger partial charge < -0.3 is 19.5 Å². The molecule has 0 saturated heterocycles. The summed E-state index contributed by atoms with van der Waals surface area (Å²) in [4.78, 5) is 25.4. The predicted molar refractivity (Wildman–Crippen MR) is 121 cm³/mol. The maximum absolute atomic E-state index is 12.4. The lowest BCUT2D eigenvalue weighted by atomic mass is 9.92. The molecule has 0 bridgehead atoms. The standard InChI is InChI=1S/C23H33N3O4S/c1-23(2,3)30-22(28)26(4)15-6-8-16(9-7-15)29-20-19-18-14(11-12-27)5-10-17(18)31-21(19)25-13-24-20/h13-16,27H,5-12H2,1-4H3/t14-,15?,16?/m0/s1. The maximum atomic E-state index is 12.4. The van der Waals surface area contributed by atoms with Gasteiger partial charge in [-0.25, -0.2) is 14.8 Å². The molecular weight excluding hydrogens is 414 g/mol. The Balaban J connectivity index is 1.43. The Kier molecular flexibility index (Phi) is 6.40. The molecule has 0 aromatic carbocycles. The molecule has 2 heterocycles. The molecule has 0 unspecified atom stereocenters. The average Bonchev–Trinajstić information content (AvgIpc) is 3.27. The lowest BCUT2D eigenvalue weighted by Gasteiger charge is -2.35. The van der Waals surface area contributed by atoms with Crippen molar-refractivity contribution >= 4 is 27.6 Å². The van der Waals surface area contributed by atoms with E-state index in [9.17, 15) is 9.90 Å². The highest BCUT2D eigenvalue weighted by molar-refractivity contribution is 7.19. The minimum atomic E-state index is -0.487. The summed E-state index contributed by atoms with van der Waals surface area (Å²) in [5, 5.41) is 10.5. The first-order valence-corrected chi connectivity index (χ1v) is 12.1. The largest absolute Gasteiger partial charge is 0.474 e. The predicted octanol–water partition coefficient (Wildman–Crippen LogP) is 4.66. The van der Waals surface area contributed by atoms with Crippen LogP contribution in [0, 0.1) is 0 Å². The fraction of sp³-hybridized carbons (Fsp3) is 0.696. The average molecular weight is 448 g/mol. The lowest BCUT2D eigenvalue weighted by molar-refractivity contribution is 0.0138. The van der Waals surface area contributed by atoms with Crippen molar-refractivity contribution in [2.75, 3.05) is 13.7 Å². The van der Waals surface area contributed by atoms with Crippen LogP contribution in [0.25, 0.3) is 10.2 Å². The highest BCUT2D eigenvalue weighted by Gasteiger charge is 2.33. The minimum absolute atomic E-state index is 0.0784. The number of amides is 1. The molecule has 1 N–H and O–H groups in total. The van der Waals surface area contributed by atoms with Crippen molar-refractivity contribution in [3.8, 4) is 5.88 Å². The van der Waals surface area contributed by atoms with Gasteiger partial charge in [-0.1, -0.05) is 0 Å². The molecule has 2 aliphatic carbocycles. The van der Waals surface area contributed by atoms with Crippen molar-refractivity contribution in [2.45, 2.75) is 89.4 Å². The van der Waals surface area contributed by atoms with Gasteiger partial charge in [0.25, 0.3) is 0 Å². The number of carbonyl (C=O) groups is 1. The Morgan fingerprint density at radius 1 is 1.23 bits per heavy atom. The summed E-state index contributed by atoms with van der Waals surface area (Å²) in [6.07, 6.45) is 7.80. The van der Waals surface area contributed by atoms with Crippen LogP contribution < -0.4 is 4.74 Å². The maximum Gasteiger partial charge on any atom is 0.410 e. The number of aliphatic hydroxyl groups is 1. The number of hydrogen-bond acceptors (Lipinski definition) is 7. The van der Waals surface area contributed by atoms with Crippen molar-refractivity contribution in [3.05, 3.63) is 16.8 Å². The quantitative estimate of drug-likeness (QED) is 0.718. The number of carbonyl (C=O) groups excluding carboxylic acids is 1. The van der Waals surface area contributed by atoms with Crippen LogP contribution in [0.1, 0.15) is 75.7 Å². The van der Waals surface area contributed by atoms with Gasteiger partial charge in [-0.15, -0.1) is 11.3 Å². The number of hydrogen-bond donors (Lipinski definition) is 1. The van der Waals surface area contributed by atoms with Gasteiger partial charge in [0.05, 0.1) is 5.39 Å². The van der Waals surface area contributed by atoms with Gasteiger partial charge in [-0.2, -0.15) is 0 Å². The van der Waals surface area contributed by atoms with E-state index in [0.717, 1.165) is 55.2 Å². The molecule has 8 heteroatoms. The second-order valence-corrected chi connectivity index (χ2v) is 10.8. The number of thiophene rings is 1. The fourth-order valence-electron chi connectivity index (χ4n) is 4.77. The van der Waals surface area contributed by atoms with Gasteiger partial charge in [0, 0.05) is 24.6 Å². The molecule has 1 fully saturated rings. The molecule has 7 nitrogen and oxygen atoms in total. The summed E-state index contributed by atoms with van der Waals surface area (Å²) >= 11 is 1.73. The van der Waals surface area contributed by atoms with Crippen molar-refractivity contribution in [1.82, 2.24) is 14.9 Å². The zero-order chi connectivity index (χ0) is 22.2. The molecule has 1 saturated carbocycles. The monoisotopic (exact) mass is 447 g/mol. The number of fused-ring (bicyclic) bond motifs is 3. The molecule has 2 aromatic rings. The first-order valence-electron chi connectivity index (χ1n) is 11.3. The highest BCUT2D eigenvalue weighted by atomic mass is 32.1. The molecule has 4 rings (SSSR count). The van der Waals surface area contributed by atoms with Gasteiger partial charge in [0.15, 0.2) is 0 Å². The van der Waals surface area contributed by atoms with E-state index in [1.807, 2.05) is 27.8 Å². The number of nitrogens with zero attached hydrogens (tertiary/aromatic N) is 3. The molecule has 2 aromatic heterocycles. The summed E-state index contributed by atoms with van der Waals surface area (Å²) in [7, 11) is 1.82. The van der Waals surface area contributed by atoms with Crippen LogP contribution >= 0.6 is 11.3 Å². The summed E-state index contributed by atoms with van der Waals surface area (Å²) in [6.45, 7) is 5.86. The highest BCUT2D eigenvalue weighted by Crippen LogP contribution is 2.47. The van der Waals surface area contributed by atoms with Gasteiger partial charge in [-0.3, -0.25) is 0 Å². The Morgan fingerprint density at radius 3 is 2.65 bits per heavy atom. The van der Waals surface area contributed by atoms with E-state index in [1.165, 1.54) is 10.4 Å². The van der Waals surface area contributed by atoms with Gasteiger partial charge >= 0.3 is 6.09 Å². The third-order valence-corrected chi connectivity index (χ3v) is 7.50. The molecule has 1 amide bonds. The van der Waals surface area contributed by atoms with E-state index in [1.54, 1.807) is 22.6 Å². The SMILES string of the molecule is CN(C(=O)OC(C)(C)C)C1CCC(Oc2ncnc3sc4c(c23)[C@H](CCO)CC4)CC1. The van der Waals surface area contributed by atoms with Crippen molar-refractivity contribution < 1.29 is 19.4 Å². The first kappa shape index (κ1) is 22.3. The van der Waals surface area contributed by atoms with Crippen molar-refractivity contribution in [2.24, 2.45) is 0 Å². The van der Waals surface area contributed by atoms with Gasteiger partial charge in [-0.05, 0) is 77.2 Å². The van der Waals surface area contributed by atoms with E-state index in [-0.39, 0.29) is 24.8 Å². The molecule has 0 radical (unpaired) electrons. The molecular formula is C23H33N3O4S. The van der Waals surface area contributed by atoms with Crippen molar-refractivity contribution in [1.29, 1.82) is 0 Å². The second-order valence-electron chi connectivity index (χ2n) is 9.69. The number of rotatable bonds is 5. The second kappa shape index (κ2) is 8.90. The van der Waals surface area contributed by atoms with Crippen LogP contribution in [0.3, 0.4) is 0 Å². The van der Waals surface area contributed by atoms with E-state index >= 15 is 0 Å². The van der Waals surface area contributed by atoms with Gasteiger partial charge in [0.2, 0.25) is 5.88 Å². The van der Waals surface area contributed by atoms with Crippen LogP contribution in [0.5, 0.6) is 5.88 Å². The van der Waals surface area contributed by atoms with Gasteiger partial charge in [0.1, 0.15) is 22.9 Å². The summed E-state index contributed by atoms with van der Waals surface area (Å²) in [5.41, 5.74) is 0.807. The Labute approximate surface area is 187 Å². The normalized spacial score (nSPS) is 23.6. The first-order chi connectivity index (χ1) is 14.8. The smallest absolute Gasteiger partial charge is 0.410 e. The van der Waals surface area contributed by atoms with E-state index < -0.39 is 5.60 Å². The van der Waals surface area contributed by atoms with E-state index in [2.05, 4.69) is 9.97 Å². The zero-order valence-corrected chi connectivity index (χ0v) is 19.7. The number of ether oxygens (including phenoxy) is 2. The Hall–Kier alpha value is -1.93. The van der Waals surface area contributed by atoms with Crippen LogP contribution in [-0.2, 0) is 11.2 Å². The summed E-state index contributed by atoms with van der Waals surface area (Å²) < 4.78 is 11.9. The third kappa shape index (κ3) is 4.80. The number of aliphatic hydroxyl groups excluding tert-OH is 1. The summed E-state index contributed by atoms with van der Waals surface area (Å²) in [6, 6.07) is 0.166. The number of aryl methyl sites for hydroxylation is 1. The molecule has 1 atom stereocenters. The Morgan fingerprint density at radius 2 is 1.97 bits per heavy atom. The molecule has 2 aliphatic rings. The van der Waals surface area contributed by atoms with E-state index in [4.69, 9.17) is 9.47 Å². The van der Waals surface area contributed by atoms with Crippen LogP contribution in [0.4, 0.5) is 4.79 Å². The fourth-order valence-corrected chi connectivity index (χ4v) is 6.00. The molecule has 0 spiro atoms. The van der Waals surface area contributed by atoms with E-state index in [0.29, 0.717) is 11.8 Å². The molecule has 0 aliphatic heterocycles.